The molecule has 2 bridgehead atoms. The van der Waals surface area contributed by atoms with E-state index in [4.69, 9.17) is 29.4 Å². The molecule has 34 atom stereocenters. The number of cyclic esters (lactones) is 1. The number of aliphatic hydroxyl groups excluding tert-OH is 17. The molecule has 42 heteroatoms. The van der Waals surface area contributed by atoms with Crippen molar-refractivity contribution >= 4 is 53.3 Å². The monoisotopic (exact) mass is 2060 g/mol. The SMILES string of the molecule is CCCCCOc1ccc(-c2ccc(-c3ccc(C(=O)N[C@H]4C[C@@H](O)[C@@H](O)NC(=O)[C@@H]5[C@@H](O)[C@@H](C)CN5C(=O)[C@H]([C@H](C)O)NC(=O)[C@H]([C@H](O)[C@@H](O)c5ccc(O)cc5)NC(=O)[C@@H]5C[C@@H](O)CN5C(=O)[C@H]([C@H](C)O)NC4=O)cc3)cc2)cc1.C[C@@H]1[C@H](O)[C@@H](C)/C=C/C=C/C=C/C=C/C=C/C=C/C=C/[C@H](O[C@@H]2O[C@H](C)[C@@H](O)[C@H](N)[C@@H]2O)C[C@@H]2O[C@](O)(C[C@@H](O)C[C@@H](O)[C@H](O)CC[C@@H](O)C[C@@H](O)CC(=O)O[C@H]1C)C[C@H](O)[C@H]2C(=O)O. The van der Waals surface area contributed by atoms with Crippen molar-refractivity contribution in [2.75, 3.05) is 19.7 Å². The Morgan fingerprint density at radius 3 is 1.65 bits per heavy atom. The van der Waals surface area contributed by atoms with Gasteiger partial charge >= 0.3 is 11.9 Å². The molecule has 10 rings (SSSR count). The number of amides is 7. The van der Waals surface area contributed by atoms with Gasteiger partial charge in [-0.15, -0.1) is 0 Å². The van der Waals surface area contributed by atoms with Gasteiger partial charge in [0.1, 0.15) is 84.2 Å². The molecule has 0 saturated carbocycles. The molecule has 6 aliphatic heterocycles. The Labute approximate surface area is 852 Å². The van der Waals surface area contributed by atoms with Gasteiger partial charge in [-0.05, 0) is 118 Å². The van der Waals surface area contributed by atoms with Gasteiger partial charge < -0.3 is 168 Å². The Morgan fingerprint density at radius 1 is 0.531 bits per heavy atom. The van der Waals surface area contributed by atoms with Crippen LogP contribution in [0.2, 0.25) is 0 Å². The summed E-state index contributed by atoms with van der Waals surface area (Å²) in [5, 5.41) is 229. The number of nitrogens with one attached hydrogen (secondary N) is 5. The fourth-order valence-electron chi connectivity index (χ4n) is 18.2. The fraction of sp³-hybridized carbons (Fsp3) is 0.552. The molecule has 6 heterocycles. The highest BCUT2D eigenvalue weighted by Gasteiger charge is 2.54. The van der Waals surface area contributed by atoms with Gasteiger partial charge in [-0.25, -0.2) is 0 Å². The van der Waals surface area contributed by atoms with Gasteiger partial charge in [0.2, 0.25) is 35.4 Å². The number of rotatable bonds is 17. The first-order valence-electron chi connectivity index (χ1n) is 49.6. The van der Waals surface area contributed by atoms with Gasteiger partial charge in [0.25, 0.3) is 5.91 Å². The van der Waals surface area contributed by atoms with Gasteiger partial charge in [0.15, 0.2) is 18.3 Å². The van der Waals surface area contributed by atoms with Crippen LogP contribution in [0.4, 0.5) is 0 Å². The van der Waals surface area contributed by atoms with Crippen molar-refractivity contribution in [3.8, 4) is 33.8 Å². The van der Waals surface area contributed by atoms with Crippen molar-refractivity contribution < 1.29 is 169 Å². The maximum Gasteiger partial charge on any atom is 0.311 e. The van der Waals surface area contributed by atoms with Gasteiger partial charge in [0.05, 0.1) is 111 Å². The van der Waals surface area contributed by atoms with E-state index in [2.05, 4.69) is 33.5 Å². The number of esters is 1. The highest BCUT2D eigenvalue weighted by molar-refractivity contribution is 6.00. The second-order valence-electron chi connectivity index (χ2n) is 38.9. The summed E-state index contributed by atoms with van der Waals surface area (Å²) >= 11 is 0. The lowest BCUT2D eigenvalue weighted by molar-refractivity contribution is -0.308. The van der Waals surface area contributed by atoms with Gasteiger partial charge in [-0.3, -0.25) is 43.2 Å². The topological polar surface area (TPSA) is 697 Å². The first-order valence-corrected chi connectivity index (χ1v) is 49.6. The molecule has 0 unspecified atom stereocenters. The van der Waals surface area contributed by atoms with Crippen LogP contribution in [0.1, 0.15) is 161 Å². The van der Waals surface area contributed by atoms with E-state index >= 15 is 0 Å². The van der Waals surface area contributed by atoms with Crippen molar-refractivity contribution in [1.29, 1.82) is 0 Å². The van der Waals surface area contributed by atoms with E-state index in [1.807, 2.05) is 67.6 Å². The molecule has 0 radical (unpaired) electrons. The molecule has 7 amide bonds. The van der Waals surface area contributed by atoms with Crippen LogP contribution in [0.5, 0.6) is 11.5 Å². The van der Waals surface area contributed by atoms with Crippen molar-refractivity contribution in [2.45, 2.75) is 322 Å². The Morgan fingerprint density at radius 2 is 1.07 bits per heavy atom. The Bertz CT molecular complexity index is 5140. The smallest absolute Gasteiger partial charge is 0.311 e. The van der Waals surface area contributed by atoms with Crippen molar-refractivity contribution in [2.24, 2.45) is 29.4 Å². The number of carboxylic acids is 1. The average molecular weight is 2060 g/mol. The molecule has 0 aromatic heterocycles. The number of aliphatic carboxylic acids is 1. The minimum absolute atomic E-state index is 0.00973. The Balaban J connectivity index is 0.000000336. The normalized spacial score (nSPS) is 35.5. The summed E-state index contributed by atoms with van der Waals surface area (Å²) in [6.45, 7) is 12.2. The number of unbranched alkanes of at least 4 members (excludes halogenated alkanes) is 2. The highest BCUT2D eigenvalue weighted by atomic mass is 16.7. The lowest BCUT2D eigenvalue weighted by atomic mass is 9.82. The first-order chi connectivity index (χ1) is 69.6. The average Bonchev–Trinajstić information content (AvgIpc) is 1.72. The zero-order chi connectivity index (χ0) is 108. The largest absolute Gasteiger partial charge is 0.508 e. The van der Waals surface area contributed by atoms with E-state index in [9.17, 15) is 145 Å². The van der Waals surface area contributed by atoms with Crippen LogP contribution in [0, 0.1) is 23.7 Å². The number of phenols is 1. The van der Waals surface area contributed by atoms with E-state index in [1.54, 1.807) is 92.8 Å². The third-order valence-corrected chi connectivity index (χ3v) is 27.1. The number of fused-ring (bicyclic) bond motifs is 4. The Hall–Kier alpha value is -11.0. The van der Waals surface area contributed by atoms with Crippen LogP contribution in [0.25, 0.3) is 22.3 Å². The summed E-state index contributed by atoms with van der Waals surface area (Å²) in [7, 11) is 0. The number of nitrogens with two attached hydrogens (primary N) is 1. The first kappa shape index (κ1) is 120. The summed E-state index contributed by atoms with van der Waals surface area (Å²) in [4.78, 5) is 127. The quantitative estimate of drug-likeness (QED) is 0.0480. The van der Waals surface area contributed by atoms with Gasteiger partial charge in [0, 0.05) is 74.9 Å². The number of ether oxygens (including phenoxy) is 5. The molecule has 5 saturated heterocycles. The van der Waals surface area contributed by atoms with E-state index in [1.165, 1.54) is 44.2 Å². The summed E-state index contributed by atoms with van der Waals surface area (Å²) in [5.74, 6) is -15.5. The number of carbonyl (C=O) groups is 9. The number of hydrogen-bond acceptors (Lipinski definition) is 34. The molecule has 27 N–H and O–H groups in total. The van der Waals surface area contributed by atoms with Crippen LogP contribution >= 0.6 is 0 Å². The summed E-state index contributed by atoms with van der Waals surface area (Å²) < 4.78 is 29.0. The van der Waals surface area contributed by atoms with Crippen LogP contribution in [-0.2, 0) is 57.3 Å². The maximum atomic E-state index is 14.5. The second-order valence-corrected chi connectivity index (χ2v) is 38.9. The predicted molar refractivity (Wildman–Crippen MR) is 530 cm³/mol. The lowest BCUT2D eigenvalue weighted by Gasteiger charge is -2.45. The third kappa shape index (κ3) is 34.3. The highest BCUT2D eigenvalue weighted by Crippen LogP contribution is 2.40. The molecule has 6 aliphatic rings. The molecule has 810 valence electrons. The van der Waals surface area contributed by atoms with Crippen molar-refractivity contribution in [3.05, 3.63) is 193 Å². The standard InChI is InChI=1S/C58H73N7O17.C47H73NO17/c1-5-6-7-24-82-40-22-18-35(19-23-40)33-10-8-32(9-11-33)34-12-14-37(15-13-34)51(74)59-41-26-43(70)54(77)63-56(79)47-48(71)29(2)27-65(47)58(81)45(31(4)67)61-55(78)46(50(73)49(72)36-16-20-38(68)21-17-36)62-53(76)42-25-39(69)28-64(42)57(80)44(30(3)66)60-52(41)75;1-27-17-15-13-11-9-7-5-6-8-10-12-14-16-18-34(64-46-44(58)41(48)43(57)30(4)63-46)24-38-40(45(59)60)37(54)26-47(61,65-38)25-33(51)22-36(53)35(52)20-19-31(49)21-32(50)23-39(55)62-29(3)28(2)42(27)56/h8-23,29-31,39,41-50,54,66-73,77H,5-7,24-28H2,1-4H3,(H,59,74)(H,60,75)(H,61,78)(H,62,76)(H,63,79);5-18,27-38,40-44,46,49-54,56-58,61H,19-26,48H2,1-4H3,(H,59,60)/b;6-5+,9-7+,10-8+,13-11+,14-12+,17-15+,18-16+/t29-,30-,31-,39+,41-,42-,43+,44-,45-,46-,47-,48-,49-,50-,54+;27-,28-,29-,30+,31+,32+,33-,34-,35+,36+,37-,38-,40+,41-,42+,43+,44-,46-,47+/m00/s1. The molecular formula is C105H146N8O34. The minimum Gasteiger partial charge on any atom is -0.508 e. The summed E-state index contributed by atoms with van der Waals surface area (Å²) in [6.07, 6.45) is -10.1. The van der Waals surface area contributed by atoms with Crippen LogP contribution in [0.3, 0.4) is 0 Å². The minimum atomic E-state index is -2.33. The third-order valence-electron chi connectivity index (χ3n) is 27.1. The number of aliphatic hydroxyl groups is 18. The molecule has 0 aliphatic carbocycles. The van der Waals surface area contributed by atoms with Gasteiger partial charge in [-0.1, -0.05) is 186 Å². The number of aromatic hydroxyl groups is 1. The number of allylic oxidation sites excluding steroid dienone is 12. The number of hydrogen-bond donors (Lipinski definition) is 26. The van der Waals surface area contributed by atoms with Crippen LogP contribution < -0.4 is 37.1 Å². The van der Waals surface area contributed by atoms with E-state index in [0.717, 1.165) is 77.5 Å². The van der Waals surface area contributed by atoms with Crippen molar-refractivity contribution in [3.63, 3.8) is 0 Å². The molecule has 5 fully saturated rings. The van der Waals surface area contributed by atoms with Crippen LogP contribution in [0.15, 0.2) is 182 Å². The number of phenolic OH excluding ortho intramolecular Hbond substituents is 1. The molecule has 4 aromatic carbocycles. The van der Waals surface area contributed by atoms with Crippen LogP contribution in [-0.4, -0.2) is 361 Å². The molecule has 147 heavy (non-hydrogen) atoms. The summed E-state index contributed by atoms with van der Waals surface area (Å²) in [5.41, 5.74) is 9.39. The second kappa shape index (κ2) is 56.6. The number of carbonyl (C=O) groups excluding carboxylic acids is 8. The van der Waals surface area contributed by atoms with E-state index in [-0.39, 0.29) is 55.0 Å². The zero-order valence-corrected chi connectivity index (χ0v) is 83.3. The molecule has 0 spiro atoms. The molecule has 42 nitrogen and oxygen atoms in total. The number of carboxylic acid groups (broad SMARTS) is 1. The number of nitrogens with zero attached hydrogens (tertiary/aromatic N) is 2. The summed E-state index contributed by atoms with van der Waals surface area (Å²) in [6, 6.07) is 13.6. The lowest BCUT2D eigenvalue weighted by Crippen LogP contribution is -2.64. The van der Waals surface area contributed by atoms with Crippen molar-refractivity contribution in [1.82, 2.24) is 36.4 Å². The molecule has 4 aromatic rings. The zero-order valence-electron chi connectivity index (χ0n) is 83.3. The molecular weight excluding hydrogens is 1920 g/mol. The number of benzene rings is 4. The fourth-order valence-corrected chi connectivity index (χ4v) is 18.2. The Kier molecular flexibility index (Phi) is 46.0. The van der Waals surface area contributed by atoms with Gasteiger partial charge in [-0.2, -0.15) is 0 Å². The van der Waals surface area contributed by atoms with E-state index < -0.39 is 299 Å². The predicted octanol–water partition coefficient (Wildman–Crippen LogP) is -0.215. The van der Waals surface area contributed by atoms with E-state index in [0.29, 0.717) is 12.2 Å². The maximum absolute atomic E-state index is 14.5.